The number of hydrogen-bond donors (Lipinski definition) is 5. The minimum atomic E-state index is -1.79. The van der Waals surface area contributed by atoms with Crippen LogP contribution in [0.15, 0.2) is 39.6 Å². The Bertz CT molecular complexity index is 1130. The molecule has 1 aliphatic heterocycles. The van der Waals surface area contributed by atoms with Gasteiger partial charge in [-0.3, -0.25) is 4.79 Å². The molecule has 1 aliphatic carbocycles. The van der Waals surface area contributed by atoms with Gasteiger partial charge in [0.05, 0.1) is 19.5 Å². The molecule has 5 atom stereocenters. The second-order valence-electron chi connectivity index (χ2n) is 7.54. The van der Waals surface area contributed by atoms with Crippen molar-refractivity contribution in [1.82, 2.24) is 0 Å². The molecule has 10 nitrogen and oxygen atoms in total. The molecule has 1 fully saturated rings. The van der Waals surface area contributed by atoms with Crippen molar-refractivity contribution < 1.29 is 34.0 Å². The molecule has 31 heavy (non-hydrogen) atoms. The number of methoxy groups -OCH3 is 2. The molecule has 0 bridgehead atoms. The molecule has 0 saturated carbocycles. The number of amides is 1. The third-order valence-corrected chi connectivity index (χ3v) is 7.14. The summed E-state index contributed by atoms with van der Waals surface area (Å²) in [4.78, 5) is 23.8. The molecular formula is C20H22N2O8S. The summed E-state index contributed by atoms with van der Waals surface area (Å²) in [6.45, 7) is 0. The maximum Gasteiger partial charge on any atom is 0.360 e. The number of hydrogen-bond acceptors (Lipinski definition) is 10. The Labute approximate surface area is 180 Å². The lowest BCUT2D eigenvalue weighted by Crippen LogP contribution is -2.57. The maximum absolute atomic E-state index is 13.0. The first kappa shape index (κ1) is 21.7. The fourth-order valence-corrected chi connectivity index (χ4v) is 5.45. The zero-order valence-electron chi connectivity index (χ0n) is 16.7. The van der Waals surface area contributed by atoms with E-state index in [-0.39, 0.29) is 23.4 Å². The number of aliphatic hydroxyl groups is 3. The normalized spacial score (nSPS) is 32.0. The molecule has 5 unspecified atom stereocenters. The Morgan fingerprint density at radius 1 is 1.29 bits per heavy atom. The summed E-state index contributed by atoms with van der Waals surface area (Å²) < 4.78 is 15.8. The van der Waals surface area contributed by atoms with E-state index in [4.69, 9.17) is 19.6 Å². The van der Waals surface area contributed by atoms with Crippen molar-refractivity contribution in [1.29, 1.82) is 0 Å². The van der Waals surface area contributed by atoms with Crippen molar-refractivity contribution >= 4 is 34.3 Å². The standard InChI is InChI=1S/C20H22N2O8S/c1-28-12-5-3-9-7-10(17(25)30-14(9)15(12)29-2)22-18(26)20(21)8-19(27)13(31-20)6-4-11(23)16(19)24/h3-7,11,13,16,23-24,27H,8,21H2,1-2H3,(H,22,26). The molecule has 1 amide bonds. The van der Waals surface area contributed by atoms with E-state index in [1.54, 1.807) is 12.1 Å². The lowest BCUT2D eigenvalue weighted by Gasteiger charge is -2.37. The first-order valence-corrected chi connectivity index (χ1v) is 10.2. The van der Waals surface area contributed by atoms with Crippen LogP contribution in [-0.4, -0.2) is 63.4 Å². The van der Waals surface area contributed by atoms with Crippen LogP contribution in [0.5, 0.6) is 11.5 Å². The molecular weight excluding hydrogens is 428 g/mol. The van der Waals surface area contributed by atoms with E-state index in [0.29, 0.717) is 11.1 Å². The molecule has 1 saturated heterocycles. The van der Waals surface area contributed by atoms with Crippen molar-refractivity contribution in [2.24, 2.45) is 5.73 Å². The van der Waals surface area contributed by atoms with E-state index in [1.807, 2.05) is 0 Å². The average molecular weight is 450 g/mol. The summed E-state index contributed by atoms with van der Waals surface area (Å²) in [5.41, 5.74) is 3.64. The average Bonchev–Trinajstić information content (AvgIpc) is 3.03. The molecule has 2 aromatic rings. The predicted octanol–water partition coefficient (Wildman–Crippen LogP) is -0.0681. The van der Waals surface area contributed by atoms with E-state index in [9.17, 15) is 24.9 Å². The molecule has 4 rings (SSSR count). The zero-order chi connectivity index (χ0) is 22.6. The van der Waals surface area contributed by atoms with Crippen molar-refractivity contribution in [2.75, 3.05) is 19.5 Å². The molecule has 166 valence electrons. The molecule has 11 heteroatoms. The smallest absolute Gasteiger partial charge is 0.360 e. The fourth-order valence-electron chi connectivity index (χ4n) is 3.93. The summed E-state index contributed by atoms with van der Waals surface area (Å²) in [6, 6.07) is 4.69. The van der Waals surface area contributed by atoms with Crippen LogP contribution < -0.4 is 26.1 Å². The van der Waals surface area contributed by atoms with E-state index < -0.39 is 39.5 Å². The van der Waals surface area contributed by atoms with Crippen LogP contribution in [0.3, 0.4) is 0 Å². The van der Waals surface area contributed by atoms with Crippen LogP contribution in [-0.2, 0) is 4.79 Å². The van der Waals surface area contributed by atoms with E-state index in [2.05, 4.69) is 5.32 Å². The summed E-state index contributed by atoms with van der Waals surface area (Å²) in [7, 11) is 2.86. The van der Waals surface area contributed by atoms with E-state index in [0.717, 1.165) is 11.8 Å². The number of rotatable bonds is 4. The van der Waals surface area contributed by atoms with Gasteiger partial charge in [0.25, 0.3) is 5.91 Å². The summed E-state index contributed by atoms with van der Waals surface area (Å²) in [5, 5.41) is 33.1. The van der Waals surface area contributed by atoms with Crippen molar-refractivity contribution in [3.8, 4) is 11.5 Å². The Kier molecular flexibility index (Phi) is 5.26. The summed E-state index contributed by atoms with van der Waals surface area (Å²) >= 11 is 0.938. The lowest BCUT2D eigenvalue weighted by atomic mass is 9.80. The Balaban J connectivity index is 1.64. The van der Waals surface area contributed by atoms with Gasteiger partial charge in [-0.1, -0.05) is 12.2 Å². The molecule has 2 aliphatic rings. The number of nitrogens with two attached hydrogens (primary N) is 1. The highest BCUT2D eigenvalue weighted by Crippen LogP contribution is 2.51. The van der Waals surface area contributed by atoms with Gasteiger partial charge in [-0.05, 0) is 18.2 Å². The van der Waals surface area contributed by atoms with E-state index in [1.165, 1.54) is 32.4 Å². The predicted molar refractivity (Wildman–Crippen MR) is 113 cm³/mol. The largest absolute Gasteiger partial charge is 0.493 e. The van der Waals surface area contributed by atoms with Crippen LogP contribution in [0.2, 0.25) is 0 Å². The highest BCUT2D eigenvalue weighted by atomic mass is 32.2. The van der Waals surface area contributed by atoms with Crippen molar-refractivity contribution in [2.45, 2.75) is 34.4 Å². The first-order valence-electron chi connectivity index (χ1n) is 9.37. The van der Waals surface area contributed by atoms with Gasteiger partial charge in [0, 0.05) is 11.8 Å². The van der Waals surface area contributed by atoms with Crippen molar-refractivity contribution in [3.05, 3.63) is 40.8 Å². The minimum Gasteiger partial charge on any atom is -0.493 e. The van der Waals surface area contributed by atoms with Crippen LogP contribution in [0.4, 0.5) is 5.69 Å². The lowest BCUT2D eigenvalue weighted by molar-refractivity contribution is -0.129. The number of aliphatic hydroxyl groups excluding tert-OH is 2. The Hall–Kier alpha value is -2.57. The first-order chi connectivity index (χ1) is 14.6. The highest BCUT2D eigenvalue weighted by molar-refractivity contribution is 8.02. The summed E-state index contributed by atoms with van der Waals surface area (Å²) in [5.74, 6) is -0.132. The molecule has 6 N–H and O–H groups in total. The molecule has 1 aromatic heterocycles. The van der Waals surface area contributed by atoms with Gasteiger partial charge in [0.15, 0.2) is 11.3 Å². The molecule has 0 radical (unpaired) electrons. The van der Waals surface area contributed by atoms with Gasteiger partial charge in [0.1, 0.15) is 28.4 Å². The zero-order valence-corrected chi connectivity index (χ0v) is 17.5. The van der Waals surface area contributed by atoms with Crippen molar-refractivity contribution in [3.63, 3.8) is 0 Å². The van der Waals surface area contributed by atoms with Gasteiger partial charge in [0.2, 0.25) is 5.75 Å². The Morgan fingerprint density at radius 2 is 2.03 bits per heavy atom. The fraction of sp³-hybridized carbons (Fsp3) is 0.400. The SMILES string of the molecule is COc1ccc2cc(NC(=O)C3(N)CC4(O)C(C=CC(O)C4O)S3)c(=O)oc2c1OC. The number of fused-ring (bicyclic) bond motifs is 2. The maximum atomic E-state index is 13.0. The Morgan fingerprint density at radius 3 is 2.71 bits per heavy atom. The third-order valence-electron chi connectivity index (χ3n) is 5.57. The van der Waals surface area contributed by atoms with Crippen LogP contribution in [0.25, 0.3) is 11.0 Å². The van der Waals surface area contributed by atoms with Crippen LogP contribution in [0.1, 0.15) is 6.42 Å². The second-order valence-corrected chi connectivity index (χ2v) is 9.01. The van der Waals surface area contributed by atoms with Gasteiger partial charge in [-0.15, -0.1) is 11.8 Å². The number of anilines is 1. The molecule has 0 spiro atoms. The number of benzene rings is 1. The minimum absolute atomic E-state index is 0.145. The number of nitrogens with one attached hydrogen (secondary N) is 1. The number of carbonyl (C=O) groups excluding carboxylic acids is 1. The summed E-state index contributed by atoms with van der Waals surface area (Å²) in [6.07, 6.45) is -0.241. The van der Waals surface area contributed by atoms with Gasteiger partial charge in [-0.25, -0.2) is 4.79 Å². The van der Waals surface area contributed by atoms with Crippen LogP contribution in [0, 0.1) is 0 Å². The van der Waals surface area contributed by atoms with Gasteiger partial charge >= 0.3 is 5.63 Å². The monoisotopic (exact) mass is 450 g/mol. The third kappa shape index (κ3) is 3.38. The number of ether oxygens (including phenoxy) is 2. The number of carbonyl (C=O) groups is 1. The second kappa shape index (κ2) is 7.53. The van der Waals surface area contributed by atoms with E-state index >= 15 is 0 Å². The highest BCUT2D eigenvalue weighted by Gasteiger charge is 2.61. The number of thioether (sulfide) groups is 1. The topological polar surface area (TPSA) is 164 Å². The van der Waals surface area contributed by atoms with Gasteiger partial charge in [-0.2, -0.15) is 0 Å². The quantitative estimate of drug-likeness (QED) is 0.315. The molecule has 2 heterocycles. The van der Waals surface area contributed by atoms with Crippen LogP contribution >= 0.6 is 11.8 Å². The van der Waals surface area contributed by atoms with Gasteiger partial charge < -0.3 is 40.3 Å². The molecule has 1 aromatic carbocycles.